The summed E-state index contributed by atoms with van der Waals surface area (Å²) in [6.45, 7) is 3.61. The van der Waals surface area contributed by atoms with Crippen LogP contribution in [-0.2, 0) is 0 Å². The lowest BCUT2D eigenvalue weighted by molar-refractivity contribution is 1.20. The van der Waals surface area contributed by atoms with E-state index in [1.54, 1.807) is 13.8 Å². The summed E-state index contributed by atoms with van der Waals surface area (Å²) in [5.41, 5.74) is 25.8. The van der Waals surface area contributed by atoms with Gasteiger partial charge in [-0.15, -0.1) is 10.2 Å². The minimum Gasteiger partial charge on any atom is -0.369 e. The quantitative estimate of drug-likeness (QED) is 0.176. The fraction of sp³-hybridized carbons (Fsp3) is 0.105. The molecule has 0 heterocycles. The van der Waals surface area contributed by atoms with Crippen LogP contribution < -0.4 is 33.6 Å². The summed E-state index contributed by atoms with van der Waals surface area (Å²) in [5, 5.41) is 22.0. The third-order valence-electron chi connectivity index (χ3n) is 3.71. The number of guanidine groups is 2. The van der Waals surface area contributed by atoms with Crippen molar-refractivity contribution in [3.8, 4) is 0 Å². The van der Waals surface area contributed by atoms with Crippen LogP contribution in [0, 0.1) is 0 Å². The summed E-state index contributed by atoms with van der Waals surface area (Å²) in [6, 6.07) is 15.1. The molecule has 10 nitrogen and oxygen atoms in total. The lowest BCUT2D eigenvalue weighted by Crippen LogP contribution is -2.22. The fourth-order valence-electron chi connectivity index (χ4n) is 2.32. The molecule has 30 heavy (non-hydrogen) atoms. The van der Waals surface area contributed by atoms with Gasteiger partial charge in [0.1, 0.15) is 0 Å². The lowest BCUT2D eigenvalue weighted by Gasteiger charge is -2.12. The number of rotatable bonds is 6. The second kappa shape index (κ2) is 10.5. The molecule has 156 valence electrons. The first-order valence-corrected chi connectivity index (χ1v) is 9.20. The van der Waals surface area contributed by atoms with Gasteiger partial charge in [-0.1, -0.05) is 24.3 Å². The molecule has 0 radical (unpaired) electrons. The molecule has 0 fully saturated rings. The van der Waals surface area contributed by atoms with E-state index in [2.05, 4.69) is 31.0 Å². The summed E-state index contributed by atoms with van der Waals surface area (Å²) < 4.78 is 0. The Morgan fingerprint density at radius 2 is 1.10 bits per heavy atom. The predicted octanol–water partition coefficient (Wildman–Crippen LogP) is 1.49. The van der Waals surface area contributed by atoms with Crippen LogP contribution in [0.4, 0.5) is 11.4 Å². The zero-order valence-electron chi connectivity index (χ0n) is 16.6. The maximum atomic E-state index is 5.41. The van der Waals surface area contributed by atoms with E-state index in [1.807, 2.05) is 48.5 Å². The van der Waals surface area contributed by atoms with Crippen molar-refractivity contribution in [3.05, 3.63) is 59.7 Å². The highest BCUT2D eigenvalue weighted by molar-refractivity contribution is 7.80. The maximum Gasteiger partial charge on any atom is 0.211 e. The van der Waals surface area contributed by atoms with E-state index in [9.17, 15) is 0 Å². The molecule has 0 aliphatic carbocycles. The van der Waals surface area contributed by atoms with Gasteiger partial charge in [-0.25, -0.2) is 0 Å². The van der Waals surface area contributed by atoms with Gasteiger partial charge in [0.15, 0.2) is 5.11 Å². The molecule has 0 aliphatic heterocycles. The van der Waals surface area contributed by atoms with Gasteiger partial charge in [0.25, 0.3) is 0 Å². The van der Waals surface area contributed by atoms with Crippen molar-refractivity contribution in [2.45, 2.75) is 13.8 Å². The van der Waals surface area contributed by atoms with Crippen LogP contribution in [-0.4, -0.2) is 28.5 Å². The molecule has 0 bridgehead atoms. The van der Waals surface area contributed by atoms with Crippen molar-refractivity contribution in [3.63, 3.8) is 0 Å². The van der Waals surface area contributed by atoms with E-state index in [-0.39, 0.29) is 11.9 Å². The van der Waals surface area contributed by atoms with Crippen LogP contribution in [0.3, 0.4) is 0 Å². The molecule has 0 aliphatic rings. The van der Waals surface area contributed by atoms with Crippen molar-refractivity contribution in [1.29, 1.82) is 0 Å². The van der Waals surface area contributed by atoms with Crippen LogP contribution in [0.2, 0.25) is 0 Å². The van der Waals surface area contributed by atoms with Gasteiger partial charge in [-0.3, -0.25) is 0 Å². The molecule has 0 amide bonds. The van der Waals surface area contributed by atoms with Crippen LogP contribution in [0.25, 0.3) is 0 Å². The molecule has 0 saturated heterocycles. The Balaban J connectivity index is 2.10. The van der Waals surface area contributed by atoms with E-state index in [1.165, 1.54) is 0 Å². The summed E-state index contributed by atoms with van der Waals surface area (Å²) in [5.74, 6) is -0.204. The van der Waals surface area contributed by atoms with Crippen LogP contribution in [0.15, 0.2) is 68.9 Å². The molecule has 0 spiro atoms. The molecule has 0 unspecified atom stereocenters. The first-order valence-electron chi connectivity index (χ1n) is 8.80. The number of benzene rings is 2. The molecule has 0 atom stereocenters. The topological polar surface area (TPSA) is 178 Å². The second-order valence-electron chi connectivity index (χ2n) is 6.16. The lowest BCUT2D eigenvalue weighted by atomic mass is 10.1. The van der Waals surface area contributed by atoms with Crippen molar-refractivity contribution in [2.75, 3.05) is 10.6 Å². The third-order valence-corrected chi connectivity index (χ3v) is 3.91. The average Bonchev–Trinajstić information content (AvgIpc) is 2.70. The number of hydrogen-bond donors (Lipinski definition) is 6. The summed E-state index contributed by atoms with van der Waals surface area (Å²) >= 11 is 5.41. The van der Waals surface area contributed by atoms with E-state index in [0.29, 0.717) is 16.5 Å². The van der Waals surface area contributed by atoms with Gasteiger partial charge in [0.2, 0.25) is 11.9 Å². The third kappa shape index (κ3) is 7.20. The highest BCUT2D eigenvalue weighted by atomic mass is 32.1. The van der Waals surface area contributed by atoms with Crippen LogP contribution in [0.1, 0.15) is 25.0 Å². The Kier molecular flexibility index (Phi) is 7.82. The van der Waals surface area contributed by atoms with Crippen LogP contribution >= 0.6 is 12.2 Å². The summed E-state index contributed by atoms with van der Waals surface area (Å²) in [4.78, 5) is 0. The van der Waals surface area contributed by atoms with Gasteiger partial charge in [-0.2, -0.15) is 10.2 Å². The van der Waals surface area contributed by atoms with E-state index >= 15 is 0 Å². The standard InChI is InChI=1S/C19H24N10S/c1-11(26-28-17(20)21)13-5-3-7-15(9-13)24-19(30)25-16-8-4-6-14(10-16)12(2)27-29-18(22)23/h3-10H,1-2H3,(H4,20,21,28)(H4,22,23,29)(H2,24,25,30). The molecule has 2 aromatic carbocycles. The molecule has 11 heteroatoms. The molecule has 2 aromatic rings. The largest absolute Gasteiger partial charge is 0.369 e. The van der Waals surface area contributed by atoms with E-state index in [0.717, 1.165) is 22.5 Å². The van der Waals surface area contributed by atoms with E-state index in [4.69, 9.17) is 35.2 Å². The van der Waals surface area contributed by atoms with Crippen molar-refractivity contribution in [2.24, 2.45) is 43.3 Å². The number of anilines is 2. The SMILES string of the molecule is CC(=NN=C(N)N)c1cccc(NC(=S)Nc2cccc(C(C)=NN=C(N)N)c2)c1. The van der Waals surface area contributed by atoms with Gasteiger partial charge in [0, 0.05) is 11.4 Å². The molecule has 10 N–H and O–H groups in total. The number of thiocarbonyl (C=S) groups is 1. The van der Waals surface area contributed by atoms with Gasteiger partial charge >= 0.3 is 0 Å². The summed E-state index contributed by atoms with van der Waals surface area (Å²) in [7, 11) is 0. The molecule has 2 rings (SSSR count). The van der Waals surface area contributed by atoms with Crippen molar-refractivity contribution in [1.82, 2.24) is 0 Å². The first-order chi connectivity index (χ1) is 14.2. The highest BCUT2D eigenvalue weighted by Gasteiger charge is 2.04. The van der Waals surface area contributed by atoms with Crippen molar-refractivity contribution < 1.29 is 0 Å². The van der Waals surface area contributed by atoms with Crippen molar-refractivity contribution >= 4 is 52.0 Å². The zero-order chi connectivity index (χ0) is 22.1. The predicted molar refractivity (Wildman–Crippen MR) is 129 cm³/mol. The van der Waals surface area contributed by atoms with Crippen LogP contribution in [0.5, 0.6) is 0 Å². The Hall–Kier alpha value is -3.99. The summed E-state index contributed by atoms with van der Waals surface area (Å²) in [6.07, 6.45) is 0. The first kappa shape index (κ1) is 22.3. The number of hydrogen-bond acceptors (Lipinski definition) is 5. The van der Waals surface area contributed by atoms with Gasteiger partial charge in [-0.05, 0) is 61.5 Å². The monoisotopic (exact) mass is 424 g/mol. The number of nitrogens with two attached hydrogens (primary N) is 4. The Morgan fingerprint density at radius 1 is 0.700 bits per heavy atom. The number of nitrogens with zero attached hydrogens (tertiary/aromatic N) is 4. The molecular formula is C19H24N10S. The zero-order valence-corrected chi connectivity index (χ0v) is 17.4. The Morgan fingerprint density at radius 3 is 1.47 bits per heavy atom. The second-order valence-corrected chi connectivity index (χ2v) is 6.57. The van der Waals surface area contributed by atoms with E-state index < -0.39 is 0 Å². The Labute approximate surface area is 179 Å². The minimum absolute atomic E-state index is 0.102. The fourth-order valence-corrected chi connectivity index (χ4v) is 2.55. The van der Waals surface area contributed by atoms with Gasteiger partial charge < -0.3 is 33.6 Å². The average molecular weight is 425 g/mol. The smallest absolute Gasteiger partial charge is 0.211 e. The minimum atomic E-state index is -0.102. The maximum absolute atomic E-state index is 5.41. The normalized spacial score (nSPS) is 11.4. The Bertz CT molecular complexity index is 950. The molecule has 0 aromatic heterocycles. The highest BCUT2D eigenvalue weighted by Crippen LogP contribution is 2.15. The number of nitrogens with one attached hydrogen (secondary N) is 2. The van der Waals surface area contributed by atoms with Gasteiger partial charge in [0.05, 0.1) is 11.4 Å². The molecule has 0 saturated carbocycles. The molecular weight excluding hydrogens is 400 g/mol.